The number of aliphatic hydroxyl groups excluding tert-OH is 1. The van der Waals surface area contributed by atoms with Crippen LogP contribution in [-0.4, -0.2) is 37.7 Å². The van der Waals surface area contributed by atoms with Crippen LogP contribution in [0.3, 0.4) is 0 Å². The summed E-state index contributed by atoms with van der Waals surface area (Å²) in [7, 11) is 1.50. The Balaban J connectivity index is 4.23. The summed E-state index contributed by atoms with van der Waals surface area (Å²) in [6.45, 7) is 4.06. The minimum Gasteiger partial charge on any atom is -0.496 e. The van der Waals surface area contributed by atoms with Crippen molar-refractivity contribution < 1.29 is 27.8 Å². The normalized spacial score (nSPS) is 13.4. The molecule has 0 saturated heterocycles. The number of aliphatic hydroxyl groups is 1. The molecule has 0 bridgehead atoms. The molecule has 0 saturated carbocycles. The first-order valence-corrected chi connectivity index (χ1v) is 5.29. The molecule has 1 atom stereocenters. The van der Waals surface area contributed by atoms with E-state index >= 15 is 0 Å². The molecule has 0 amide bonds. The van der Waals surface area contributed by atoms with Gasteiger partial charge in [-0.2, -0.15) is 13.2 Å². The van der Waals surface area contributed by atoms with Crippen LogP contribution >= 0.6 is 0 Å². The second-order valence-electron chi connectivity index (χ2n) is 3.94. The fraction of sp³-hybridized carbons (Fsp3) is 0.818. The third-order valence-electron chi connectivity index (χ3n) is 2.01. The van der Waals surface area contributed by atoms with E-state index < -0.39 is 18.7 Å². The number of rotatable bonds is 7. The standard InChI is InChI=1S/C11H19F3O3/c1-8(2)10(17-5-4-16-3)6-9(15)7-11(12,13)14/h9,15H,4-7H2,1-3H3. The first kappa shape index (κ1) is 16.2. The van der Waals surface area contributed by atoms with Crippen molar-refractivity contribution in [3.63, 3.8) is 0 Å². The van der Waals surface area contributed by atoms with Crippen molar-refractivity contribution in [2.45, 2.75) is 39.0 Å². The summed E-state index contributed by atoms with van der Waals surface area (Å²) < 4.78 is 46.1. The highest BCUT2D eigenvalue weighted by Crippen LogP contribution is 2.25. The number of allylic oxidation sites excluding steroid dienone is 1. The largest absolute Gasteiger partial charge is 0.496 e. The Morgan fingerprint density at radius 2 is 1.82 bits per heavy atom. The molecule has 0 heterocycles. The van der Waals surface area contributed by atoms with Gasteiger partial charge in [-0.25, -0.2) is 0 Å². The molecule has 3 nitrogen and oxygen atoms in total. The van der Waals surface area contributed by atoms with Gasteiger partial charge in [0, 0.05) is 13.5 Å². The quantitative estimate of drug-likeness (QED) is 0.562. The minimum absolute atomic E-state index is 0.133. The van der Waals surface area contributed by atoms with Crippen LogP contribution in [0, 0.1) is 0 Å². The summed E-state index contributed by atoms with van der Waals surface area (Å²) >= 11 is 0. The average Bonchev–Trinajstić information content (AvgIpc) is 2.13. The van der Waals surface area contributed by atoms with Crippen LogP contribution in [0.4, 0.5) is 13.2 Å². The fourth-order valence-corrected chi connectivity index (χ4v) is 1.21. The molecule has 0 spiro atoms. The lowest BCUT2D eigenvalue weighted by atomic mass is 10.1. The van der Waals surface area contributed by atoms with E-state index in [4.69, 9.17) is 9.47 Å². The van der Waals surface area contributed by atoms with Gasteiger partial charge in [-0.3, -0.25) is 0 Å². The summed E-state index contributed by atoms with van der Waals surface area (Å²) in [6, 6.07) is 0. The smallest absolute Gasteiger partial charge is 0.391 e. The van der Waals surface area contributed by atoms with Crippen molar-refractivity contribution in [1.82, 2.24) is 0 Å². The van der Waals surface area contributed by atoms with Crippen LogP contribution in [0.2, 0.25) is 0 Å². The zero-order chi connectivity index (χ0) is 13.5. The van der Waals surface area contributed by atoms with Crippen molar-refractivity contribution in [2.24, 2.45) is 0 Å². The van der Waals surface area contributed by atoms with Gasteiger partial charge in [-0.1, -0.05) is 0 Å². The summed E-state index contributed by atoms with van der Waals surface area (Å²) in [4.78, 5) is 0. The Labute approximate surface area is 99.2 Å². The zero-order valence-corrected chi connectivity index (χ0v) is 10.3. The molecule has 1 N–H and O–H groups in total. The molecule has 0 rings (SSSR count). The summed E-state index contributed by atoms with van der Waals surface area (Å²) in [5, 5.41) is 9.30. The Bertz CT molecular complexity index is 245. The van der Waals surface area contributed by atoms with Crippen molar-refractivity contribution in [3.05, 3.63) is 11.3 Å². The lowest BCUT2D eigenvalue weighted by Crippen LogP contribution is -2.20. The molecule has 0 aliphatic rings. The molecule has 17 heavy (non-hydrogen) atoms. The SMILES string of the molecule is COCCOC(CC(O)CC(F)(F)F)=C(C)C. The van der Waals surface area contributed by atoms with Gasteiger partial charge in [0.1, 0.15) is 6.61 Å². The van der Waals surface area contributed by atoms with Crippen LogP contribution in [0.1, 0.15) is 26.7 Å². The van der Waals surface area contributed by atoms with Crippen LogP contribution in [-0.2, 0) is 9.47 Å². The molecule has 6 heteroatoms. The molecule has 0 aromatic heterocycles. The van der Waals surface area contributed by atoms with Crippen molar-refractivity contribution in [1.29, 1.82) is 0 Å². The third-order valence-corrected chi connectivity index (χ3v) is 2.01. The molecule has 102 valence electrons. The fourth-order valence-electron chi connectivity index (χ4n) is 1.21. The van der Waals surface area contributed by atoms with Crippen LogP contribution in [0.25, 0.3) is 0 Å². The van der Waals surface area contributed by atoms with Crippen LogP contribution in [0.5, 0.6) is 0 Å². The number of ether oxygens (including phenoxy) is 2. The maximum absolute atomic E-state index is 12.0. The average molecular weight is 256 g/mol. The van der Waals surface area contributed by atoms with E-state index in [0.717, 1.165) is 5.57 Å². The molecular weight excluding hydrogens is 237 g/mol. The van der Waals surface area contributed by atoms with E-state index in [1.54, 1.807) is 13.8 Å². The van der Waals surface area contributed by atoms with E-state index in [0.29, 0.717) is 12.4 Å². The number of halogens is 3. The van der Waals surface area contributed by atoms with Crippen LogP contribution in [0.15, 0.2) is 11.3 Å². The Morgan fingerprint density at radius 1 is 1.24 bits per heavy atom. The van der Waals surface area contributed by atoms with Gasteiger partial charge in [0.25, 0.3) is 0 Å². The van der Waals surface area contributed by atoms with Gasteiger partial charge in [0.05, 0.1) is 24.9 Å². The minimum atomic E-state index is -4.36. The monoisotopic (exact) mass is 256 g/mol. The summed E-state index contributed by atoms with van der Waals surface area (Å²) in [5.74, 6) is 0.388. The van der Waals surface area contributed by atoms with E-state index in [9.17, 15) is 18.3 Å². The predicted molar refractivity (Wildman–Crippen MR) is 57.5 cm³/mol. The Kier molecular flexibility index (Phi) is 7.22. The molecule has 1 unspecified atom stereocenters. The van der Waals surface area contributed by atoms with Gasteiger partial charge < -0.3 is 14.6 Å². The lowest BCUT2D eigenvalue weighted by molar-refractivity contribution is -0.153. The summed E-state index contributed by atoms with van der Waals surface area (Å²) in [6.07, 6.45) is -7.19. The van der Waals surface area contributed by atoms with Gasteiger partial charge in [-0.05, 0) is 19.4 Å². The third kappa shape index (κ3) is 9.00. The Hall–Kier alpha value is -0.750. The number of alkyl halides is 3. The first-order chi connectivity index (χ1) is 7.76. The highest BCUT2D eigenvalue weighted by Gasteiger charge is 2.31. The van der Waals surface area contributed by atoms with Gasteiger partial charge in [-0.15, -0.1) is 0 Å². The number of methoxy groups -OCH3 is 1. The topological polar surface area (TPSA) is 38.7 Å². The second-order valence-corrected chi connectivity index (χ2v) is 3.94. The molecular formula is C11H19F3O3. The van der Waals surface area contributed by atoms with Gasteiger partial charge >= 0.3 is 6.18 Å². The lowest BCUT2D eigenvalue weighted by Gasteiger charge is -2.17. The van der Waals surface area contributed by atoms with E-state index in [1.807, 2.05) is 0 Å². The number of hydrogen-bond donors (Lipinski definition) is 1. The number of hydrogen-bond acceptors (Lipinski definition) is 3. The van der Waals surface area contributed by atoms with E-state index in [1.165, 1.54) is 7.11 Å². The van der Waals surface area contributed by atoms with Crippen molar-refractivity contribution in [3.8, 4) is 0 Å². The maximum Gasteiger partial charge on any atom is 0.391 e. The summed E-state index contributed by atoms with van der Waals surface area (Å²) in [5.41, 5.74) is 0.752. The van der Waals surface area contributed by atoms with Crippen LogP contribution < -0.4 is 0 Å². The molecule has 0 aromatic carbocycles. The van der Waals surface area contributed by atoms with Crippen molar-refractivity contribution in [2.75, 3.05) is 20.3 Å². The predicted octanol–water partition coefficient (Wildman–Crippen LogP) is 2.65. The second kappa shape index (κ2) is 7.55. The molecule has 0 aromatic rings. The molecule has 0 aliphatic heterocycles. The zero-order valence-electron chi connectivity index (χ0n) is 10.3. The first-order valence-electron chi connectivity index (χ1n) is 5.29. The maximum atomic E-state index is 12.0. The van der Waals surface area contributed by atoms with E-state index in [-0.39, 0.29) is 13.0 Å². The molecule has 0 radical (unpaired) electrons. The highest BCUT2D eigenvalue weighted by atomic mass is 19.4. The van der Waals surface area contributed by atoms with E-state index in [2.05, 4.69) is 0 Å². The molecule has 0 aliphatic carbocycles. The molecule has 0 fully saturated rings. The van der Waals surface area contributed by atoms with Crippen molar-refractivity contribution >= 4 is 0 Å². The highest BCUT2D eigenvalue weighted by molar-refractivity contribution is 5.04. The van der Waals surface area contributed by atoms with Gasteiger partial charge in [0.2, 0.25) is 0 Å². The van der Waals surface area contributed by atoms with Gasteiger partial charge in [0.15, 0.2) is 0 Å². The Morgan fingerprint density at radius 3 is 2.24 bits per heavy atom.